The van der Waals surface area contributed by atoms with Crippen LogP contribution in [-0.2, 0) is 17.9 Å². The van der Waals surface area contributed by atoms with E-state index < -0.39 is 0 Å². The Morgan fingerprint density at radius 2 is 1.75 bits per heavy atom. The Morgan fingerprint density at radius 3 is 2.46 bits per heavy atom. The van der Waals surface area contributed by atoms with Crippen LogP contribution in [0.5, 0.6) is 0 Å². The number of hydrogen-bond acceptors (Lipinski definition) is 3. The Bertz CT molecular complexity index is 673. The lowest BCUT2D eigenvalue weighted by Crippen LogP contribution is -2.48. The molecule has 0 N–H and O–H groups in total. The molecule has 1 amide bonds. The third-order valence-electron chi connectivity index (χ3n) is 4.53. The van der Waals surface area contributed by atoms with E-state index >= 15 is 0 Å². The third kappa shape index (κ3) is 4.11. The summed E-state index contributed by atoms with van der Waals surface area (Å²) < 4.78 is 1.83. The number of aryl methyl sites for hydroxylation is 1. The van der Waals surface area contributed by atoms with Crippen molar-refractivity contribution in [3.63, 3.8) is 0 Å². The summed E-state index contributed by atoms with van der Waals surface area (Å²) >= 11 is 0. The van der Waals surface area contributed by atoms with E-state index in [0.29, 0.717) is 18.7 Å². The van der Waals surface area contributed by atoms with Gasteiger partial charge in [-0.05, 0) is 17.7 Å². The van der Waals surface area contributed by atoms with E-state index in [-0.39, 0.29) is 5.91 Å². The van der Waals surface area contributed by atoms with Crippen LogP contribution in [0.25, 0.3) is 0 Å². The monoisotopic (exact) mass is 325 g/mol. The van der Waals surface area contributed by atoms with Crippen LogP contribution in [0.1, 0.15) is 22.5 Å². The van der Waals surface area contributed by atoms with Gasteiger partial charge in [-0.2, -0.15) is 0 Å². The van der Waals surface area contributed by atoms with Crippen molar-refractivity contribution in [3.05, 3.63) is 59.9 Å². The molecule has 126 valence electrons. The summed E-state index contributed by atoms with van der Waals surface area (Å²) in [5, 5.41) is 0. The first-order valence-electron chi connectivity index (χ1n) is 8.40. The summed E-state index contributed by atoms with van der Waals surface area (Å²) in [7, 11) is 0. The summed E-state index contributed by atoms with van der Waals surface area (Å²) in [5.41, 5.74) is 1.93. The van der Waals surface area contributed by atoms with Gasteiger partial charge in [0.15, 0.2) is 6.29 Å². The summed E-state index contributed by atoms with van der Waals surface area (Å²) in [6.07, 6.45) is 3.11. The fourth-order valence-corrected chi connectivity index (χ4v) is 3.11. The Morgan fingerprint density at radius 1 is 1.00 bits per heavy atom. The molecule has 2 heterocycles. The maximum absolute atomic E-state index is 12.4. The quantitative estimate of drug-likeness (QED) is 0.764. The Labute approximate surface area is 142 Å². The van der Waals surface area contributed by atoms with E-state index in [9.17, 15) is 9.59 Å². The highest BCUT2D eigenvalue weighted by Crippen LogP contribution is 2.10. The van der Waals surface area contributed by atoms with Crippen LogP contribution in [0, 0.1) is 0 Å². The van der Waals surface area contributed by atoms with Gasteiger partial charge in [0.2, 0.25) is 5.91 Å². The van der Waals surface area contributed by atoms with E-state index in [1.165, 1.54) is 5.56 Å². The smallest absolute Gasteiger partial charge is 0.224 e. The van der Waals surface area contributed by atoms with Crippen LogP contribution < -0.4 is 0 Å². The van der Waals surface area contributed by atoms with Gasteiger partial charge in [-0.15, -0.1) is 0 Å². The van der Waals surface area contributed by atoms with Gasteiger partial charge >= 0.3 is 0 Å². The molecule has 0 radical (unpaired) electrons. The average molecular weight is 325 g/mol. The van der Waals surface area contributed by atoms with Crippen LogP contribution in [0.3, 0.4) is 0 Å². The number of carbonyl (C=O) groups excluding carboxylic acids is 2. The standard InChI is InChI=1S/C19H23N3O2/c23-16-18-7-4-9-21(18)10-8-19(24)22-13-11-20(12-14-22)15-17-5-2-1-3-6-17/h1-7,9,16H,8,10-15H2. The molecule has 2 aromatic rings. The topological polar surface area (TPSA) is 45.6 Å². The van der Waals surface area contributed by atoms with E-state index in [1.54, 1.807) is 6.07 Å². The molecule has 1 saturated heterocycles. The van der Waals surface area contributed by atoms with Crippen LogP contribution in [-0.4, -0.2) is 52.7 Å². The molecule has 24 heavy (non-hydrogen) atoms. The Hall–Kier alpha value is -2.40. The minimum absolute atomic E-state index is 0.167. The van der Waals surface area contributed by atoms with Crippen LogP contribution in [0.4, 0.5) is 0 Å². The molecule has 5 heteroatoms. The number of nitrogens with zero attached hydrogens (tertiary/aromatic N) is 3. The van der Waals surface area contributed by atoms with Crippen LogP contribution in [0.15, 0.2) is 48.7 Å². The van der Waals surface area contributed by atoms with Crippen molar-refractivity contribution >= 4 is 12.2 Å². The van der Waals surface area contributed by atoms with Gasteiger partial charge in [0, 0.05) is 51.9 Å². The maximum Gasteiger partial charge on any atom is 0.224 e. The van der Waals surface area contributed by atoms with E-state index in [0.717, 1.165) is 39.0 Å². The number of amides is 1. The van der Waals surface area contributed by atoms with Crippen LogP contribution in [0.2, 0.25) is 0 Å². The first-order chi connectivity index (χ1) is 11.8. The van der Waals surface area contributed by atoms with Crippen molar-refractivity contribution in [2.75, 3.05) is 26.2 Å². The van der Waals surface area contributed by atoms with Crippen molar-refractivity contribution in [2.24, 2.45) is 0 Å². The molecule has 0 atom stereocenters. The number of rotatable bonds is 6. The van der Waals surface area contributed by atoms with Gasteiger partial charge in [-0.25, -0.2) is 0 Å². The van der Waals surface area contributed by atoms with Gasteiger partial charge in [-0.1, -0.05) is 30.3 Å². The van der Waals surface area contributed by atoms with Gasteiger partial charge in [-0.3, -0.25) is 14.5 Å². The normalized spacial score (nSPS) is 15.4. The summed E-state index contributed by atoms with van der Waals surface area (Å²) in [5.74, 6) is 0.167. The molecule has 1 fully saturated rings. The first-order valence-corrected chi connectivity index (χ1v) is 8.40. The minimum atomic E-state index is 0.167. The highest BCUT2D eigenvalue weighted by atomic mass is 16.2. The largest absolute Gasteiger partial charge is 0.345 e. The first kappa shape index (κ1) is 16.5. The molecule has 3 rings (SSSR count). The number of benzene rings is 1. The third-order valence-corrected chi connectivity index (χ3v) is 4.53. The Balaban J connectivity index is 1.44. The molecule has 1 aliphatic rings. The lowest BCUT2D eigenvalue weighted by Gasteiger charge is -2.34. The Kier molecular flexibility index (Phi) is 5.43. The molecule has 1 aromatic heterocycles. The molecule has 5 nitrogen and oxygen atoms in total. The molecule has 0 saturated carbocycles. The molecule has 1 aliphatic heterocycles. The molecule has 0 bridgehead atoms. The summed E-state index contributed by atoms with van der Waals surface area (Å²) in [4.78, 5) is 27.6. The van der Waals surface area contributed by atoms with Crippen molar-refractivity contribution in [1.82, 2.24) is 14.4 Å². The lowest BCUT2D eigenvalue weighted by molar-refractivity contribution is -0.133. The fourth-order valence-electron chi connectivity index (χ4n) is 3.11. The van der Waals surface area contributed by atoms with Crippen molar-refractivity contribution in [2.45, 2.75) is 19.5 Å². The molecule has 0 spiro atoms. The second-order valence-corrected chi connectivity index (χ2v) is 6.14. The SMILES string of the molecule is O=Cc1cccn1CCC(=O)N1CCN(Cc2ccccc2)CC1. The van der Waals surface area contributed by atoms with Gasteiger partial charge in [0.1, 0.15) is 0 Å². The highest BCUT2D eigenvalue weighted by Gasteiger charge is 2.20. The predicted molar refractivity (Wildman–Crippen MR) is 92.7 cm³/mol. The van der Waals surface area contributed by atoms with Crippen molar-refractivity contribution in [1.29, 1.82) is 0 Å². The summed E-state index contributed by atoms with van der Waals surface area (Å²) in [6, 6.07) is 14.0. The number of piperazine rings is 1. The molecular weight excluding hydrogens is 302 g/mol. The maximum atomic E-state index is 12.4. The molecule has 0 aliphatic carbocycles. The zero-order valence-corrected chi connectivity index (χ0v) is 13.8. The number of carbonyl (C=O) groups is 2. The zero-order chi connectivity index (χ0) is 16.8. The molecule has 0 unspecified atom stereocenters. The van der Waals surface area contributed by atoms with Gasteiger partial charge in [0.25, 0.3) is 0 Å². The second kappa shape index (κ2) is 7.93. The van der Waals surface area contributed by atoms with Crippen molar-refractivity contribution in [3.8, 4) is 0 Å². The number of aldehydes is 1. The van der Waals surface area contributed by atoms with E-state index in [2.05, 4.69) is 29.2 Å². The lowest BCUT2D eigenvalue weighted by atomic mass is 10.2. The van der Waals surface area contributed by atoms with E-state index in [4.69, 9.17) is 0 Å². The van der Waals surface area contributed by atoms with E-state index in [1.807, 2.05) is 27.8 Å². The fraction of sp³-hybridized carbons (Fsp3) is 0.368. The van der Waals surface area contributed by atoms with Gasteiger partial charge < -0.3 is 9.47 Å². The zero-order valence-electron chi connectivity index (χ0n) is 13.8. The molecule has 1 aromatic carbocycles. The second-order valence-electron chi connectivity index (χ2n) is 6.14. The number of aromatic nitrogens is 1. The average Bonchev–Trinajstić information content (AvgIpc) is 3.09. The van der Waals surface area contributed by atoms with Crippen molar-refractivity contribution < 1.29 is 9.59 Å². The van der Waals surface area contributed by atoms with Crippen LogP contribution >= 0.6 is 0 Å². The molecular formula is C19H23N3O2. The highest BCUT2D eigenvalue weighted by molar-refractivity contribution is 5.76. The predicted octanol–water partition coefficient (Wildman–Crippen LogP) is 2.04. The minimum Gasteiger partial charge on any atom is -0.345 e. The summed E-state index contributed by atoms with van der Waals surface area (Å²) in [6.45, 7) is 4.86. The number of hydrogen-bond donors (Lipinski definition) is 0. The van der Waals surface area contributed by atoms with Gasteiger partial charge in [0.05, 0.1) is 5.69 Å².